The van der Waals surface area contributed by atoms with E-state index in [0.717, 1.165) is 0 Å². The summed E-state index contributed by atoms with van der Waals surface area (Å²) in [5, 5.41) is 0. The van der Waals surface area contributed by atoms with Gasteiger partial charge in [-0.1, -0.05) is 0 Å². The molecule has 1 rings (SSSR count). The zero-order valence-electron chi connectivity index (χ0n) is 10.6. The molecule has 6 heteroatoms. The average molecular weight is 254 g/mol. The molecule has 0 aliphatic heterocycles. The molecule has 0 saturated carbocycles. The van der Waals surface area contributed by atoms with Crippen LogP contribution in [0.25, 0.3) is 0 Å². The molecule has 17 heavy (non-hydrogen) atoms. The predicted octanol–water partition coefficient (Wildman–Crippen LogP) is 2.22. The van der Waals surface area contributed by atoms with E-state index in [1.54, 1.807) is 0 Å². The summed E-state index contributed by atoms with van der Waals surface area (Å²) in [6.45, 7) is 6.81. The van der Waals surface area contributed by atoms with Crippen LogP contribution >= 0.6 is 7.91 Å². The maximum absolute atomic E-state index is 10.4. The average Bonchev–Trinajstić information content (AvgIpc) is 2.16. The van der Waals surface area contributed by atoms with Crippen LogP contribution in [0.4, 0.5) is 4.20 Å². The van der Waals surface area contributed by atoms with Gasteiger partial charge >= 0.3 is 92.3 Å². The van der Waals surface area contributed by atoms with Crippen LogP contribution in [0.5, 0.6) is 0 Å². The summed E-state index contributed by atoms with van der Waals surface area (Å²) >= 11 is 2.13. The predicted molar refractivity (Wildman–Crippen MR) is 68.3 cm³/mol. The van der Waals surface area contributed by atoms with Crippen molar-refractivity contribution in [3.63, 3.8) is 0 Å². The van der Waals surface area contributed by atoms with Crippen LogP contribution < -0.4 is 4.24 Å². The monoisotopic (exact) mass is 254 g/mol. The third kappa shape index (κ3) is 8.60. The fraction of sp³-hybridized carbons (Fsp3) is 0.455. The Kier molecular flexibility index (Phi) is 6.69. The minimum atomic E-state index is -5.14. The van der Waals surface area contributed by atoms with Gasteiger partial charge in [-0.05, 0) is 0 Å². The van der Waals surface area contributed by atoms with Gasteiger partial charge in [0.15, 0.2) is 0 Å². The van der Waals surface area contributed by atoms with Gasteiger partial charge in [0, 0.05) is 0 Å². The van der Waals surface area contributed by atoms with Crippen molar-refractivity contribution in [3.05, 3.63) is 29.8 Å². The molecular formula is C11H17FLiO3P. The Labute approximate surface area is 111 Å². The summed E-state index contributed by atoms with van der Waals surface area (Å²) < 4.78 is 20.4. The van der Waals surface area contributed by atoms with Crippen LogP contribution in [0.15, 0.2) is 24.3 Å². The molecule has 0 aliphatic rings. The van der Waals surface area contributed by atoms with E-state index >= 15 is 0 Å². The van der Waals surface area contributed by atoms with Gasteiger partial charge in [-0.25, -0.2) is 4.57 Å². The summed E-state index contributed by atoms with van der Waals surface area (Å²) in [6.07, 6.45) is 1.19. The fourth-order valence-electron chi connectivity index (χ4n) is 1.21. The van der Waals surface area contributed by atoms with E-state index in [1.165, 1.54) is 16.2 Å². The van der Waals surface area contributed by atoms with Gasteiger partial charge in [-0.3, -0.25) is 9.79 Å². The SMILES string of the molecule is O=P(O)(O)F.[Li][c]1ccc(C(C)(C)CC)cc1. The Morgan fingerprint density at radius 2 is 1.65 bits per heavy atom. The molecule has 0 amide bonds. The first-order valence-electron chi connectivity index (χ1n) is 5.38. The van der Waals surface area contributed by atoms with E-state index in [4.69, 9.17) is 14.4 Å². The third-order valence-corrected chi connectivity index (χ3v) is 2.72. The van der Waals surface area contributed by atoms with Crippen molar-refractivity contribution in [3.8, 4) is 0 Å². The standard InChI is InChI=1S/C11H15.FH2O3P.Li/c1-4-11(2,3)10-8-6-5-7-9-10;1-5(2,3)4;/h6-9H,4H2,1-3H3;(H2,2,3,4);. The van der Waals surface area contributed by atoms with E-state index in [0.29, 0.717) is 5.41 Å². The van der Waals surface area contributed by atoms with Crippen molar-refractivity contribution in [2.45, 2.75) is 32.6 Å². The van der Waals surface area contributed by atoms with Crippen LogP contribution in [0.1, 0.15) is 32.8 Å². The zero-order chi connectivity index (χ0) is 13.7. The summed E-state index contributed by atoms with van der Waals surface area (Å²) in [7, 11) is -5.14. The number of hydrogen-bond donors (Lipinski definition) is 2. The Hall–Kier alpha value is -0.103. The first kappa shape index (κ1) is 16.9. The van der Waals surface area contributed by atoms with Crippen LogP contribution in [0, 0.1) is 0 Å². The number of hydrogen-bond acceptors (Lipinski definition) is 1. The molecule has 0 heterocycles. The van der Waals surface area contributed by atoms with Crippen molar-refractivity contribution >= 4 is 29.9 Å². The number of benzene rings is 1. The minimum absolute atomic E-state index is 0.327. The second-order valence-corrected chi connectivity index (χ2v) is 5.52. The molecule has 0 atom stereocenters. The second-order valence-electron chi connectivity index (χ2n) is 4.58. The van der Waals surface area contributed by atoms with Gasteiger partial charge in [0.25, 0.3) is 0 Å². The molecule has 92 valence electrons. The van der Waals surface area contributed by atoms with E-state index in [1.807, 2.05) is 0 Å². The molecule has 0 aromatic heterocycles. The normalized spacial score (nSPS) is 11.8. The molecule has 1 aromatic carbocycles. The Bertz CT molecular complexity index is 378. The van der Waals surface area contributed by atoms with Gasteiger partial charge in [0.05, 0.1) is 0 Å². The molecule has 2 N–H and O–H groups in total. The molecule has 0 radical (unpaired) electrons. The topological polar surface area (TPSA) is 57.5 Å². The number of halogens is 1. The molecule has 0 bridgehead atoms. The van der Waals surface area contributed by atoms with Crippen LogP contribution in [-0.2, 0) is 9.98 Å². The Morgan fingerprint density at radius 1 is 1.29 bits per heavy atom. The van der Waals surface area contributed by atoms with Crippen LogP contribution in [0.3, 0.4) is 0 Å². The van der Waals surface area contributed by atoms with Crippen LogP contribution in [-0.4, -0.2) is 27.5 Å². The quantitative estimate of drug-likeness (QED) is 0.628. The molecular weight excluding hydrogens is 237 g/mol. The molecule has 0 fully saturated rings. The van der Waals surface area contributed by atoms with Crippen molar-refractivity contribution in [2.24, 2.45) is 0 Å². The van der Waals surface area contributed by atoms with Crippen molar-refractivity contribution in [1.82, 2.24) is 0 Å². The molecule has 1 aromatic rings. The fourth-order valence-corrected chi connectivity index (χ4v) is 1.21. The molecule has 0 aliphatic carbocycles. The second kappa shape index (κ2) is 6.73. The molecule has 3 nitrogen and oxygen atoms in total. The molecule has 0 unspecified atom stereocenters. The van der Waals surface area contributed by atoms with E-state index in [2.05, 4.69) is 62.8 Å². The van der Waals surface area contributed by atoms with E-state index < -0.39 is 7.91 Å². The van der Waals surface area contributed by atoms with Gasteiger partial charge in [0.2, 0.25) is 0 Å². The van der Waals surface area contributed by atoms with Gasteiger partial charge in [-0.15, -0.1) is 4.20 Å². The Balaban J connectivity index is 0.000000437. The summed E-state index contributed by atoms with van der Waals surface area (Å²) in [5.74, 6) is 0. The van der Waals surface area contributed by atoms with E-state index in [-0.39, 0.29) is 0 Å². The van der Waals surface area contributed by atoms with Crippen molar-refractivity contribution in [2.75, 3.05) is 0 Å². The molecule has 0 saturated heterocycles. The van der Waals surface area contributed by atoms with Crippen molar-refractivity contribution < 1.29 is 18.5 Å². The van der Waals surface area contributed by atoms with Gasteiger partial charge in [-0.2, -0.15) is 0 Å². The summed E-state index contributed by atoms with van der Waals surface area (Å²) in [4.78, 5) is 13.9. The molecule has 0 spiro atoms. The summed E-state index contributed by atoms with van der Waals surface area (Å²) in [6, 6.07) is 8.84. The van der Waals surface area contributed by atoms with Gasteiger partial charge in [0.1, 0.15) is 0 Å². The first-order chi connectivity index (χ1) is 7.56. The third-order valence-electron chi connectivity index (χ3n) is 2.72. The maximum atomic E-state index is 10.4. The van der Waals surface area contributed by atoms with E-state index in [9.17, 15) is 4.20 Å². The first-order valence-corrected chi connectivity index (χ1v) is 6.89. The van der Waals surface area contributed by atoms with Gasteiger partial charge < -0.3 is 0 Å². The van der Waals surface area contributed by atoms with Crippen molar-refractivity contribution in [1.29, 1.82) is 0 Å². The Morgan fingerprint density at radius 3 is 1.94 bits per heavy atom. The van der Waals surface area contributed by atoms with Crippen LogP contribution in [0.2, 0.25) is 0 Å². The zero-order valence-corrected chi connectivity index (χ0v) is 11.5. The number of rotatable bonds is 2. The summed E-state index contributed by atoms with van der Waals surface area (Å²) in [5.41, 5.74) is 1.77.